The summed E-state index contributed by atoms with van der Waals surface area (Å²) < 4.78 is 13.5. The number of nitrogens with two attached hydrogens (primary N) is 1. The standard InChI is InChI=1S/C13H16FNO/c14-12-4-2-1-3-11(12)13(15)9-5-7-10(16)8-6-9/h1-4,9,13H,5-8,15H2. The van der Waals surface area contributed by atoms with Gasteiger partial charge in [-0.25, -0.2) is 4.39 Å². The minimum Gasteiger partial charge on any atom is -0.324 e. The molecule has 1 aliphatic rings. The van der Waals surface area contributed by atoms with Crippen molar-refractivity contribution >= 4 is 5.78 Å². The van der Waals surface area contributed by atoms with Crippen LogP contribution in [0.1, 0.15) is 37.3 Å². The molecule has 3 heteroatoms. The highest BCUT2D eigenvalue weighted by Crippen LogP contribution is 2.32. The van der Waals surface area contributed by atoms with Crippen LogP contribution in [0.3, 0.4) is 0 Å². The summed E-state index contributed by atoms with van der Waals surface area (Å²) in [5.41, 5.74) is 6.64. The van der Waals surface area contributed by atoms with Crippen LogP contribution in [-0.2, 0) is 4.79 Å². The van der Waals surface area contributed by atoms with Crippen molar-refractivity contribution in [1.29, 1.82) is 0 Å². The highest BCUT2D eigenvalue weighted by atomic mass is 19.1. The summed E-state index contributed by atoms with van der Waals surface area (Å²) >= 11 is 0. The van der Waals surface area contributed by atoms with Crippen molar-refractivity contribution in [2.45, 2.75) is 31.7 Å². The van der Waals surface area contributed by atoms with Crippen molar-refractivity contribution in [2.24, 2.45) is 11.7 Å². The van der Waals surface area contributed by atoms with E-state index < -0.39 is 0 Å². The van der Waals surface area contributed by atoms with Gasteiger partial charge in [-0.15, -0.1) is 0 Å². The molecule has 1 fully saturated rings. The Bertz CT molecular complexity index is 381. The first-order chi connectivity index (χ1) is 7.68. The molecule has 2 nitrogen and oxygen atoms in total. The van der Waals surface area contributed by atoms with Crippen LogP contribution in [0.5, 0.6) is 0 Å². The first-order valence-electron chi connectivity index (χ1n) is 5.70. The van der Waals surface area contributed by atoms with Crippen LogP contribution in [-0.4, -0.2) is 5.78 Å². The first-order valence-corrected chi connectivity index (χ1v) is 5.70. The molecular weight excluding hydrogens is 205 g/mol. The van der Waals surface area contributed by atoms with Gasteiger partial charge in [-0.3, -0.25) is 4.79 Å². The van der Waals surface area contributed by atoms with Gasteiger partial charge in [-0.2, -0.15) is 0 Å². The summed E-state index contributed by atoms with van der Waals surface area (Å²) in [5, 5.41) is 0. The molecule has 0 radical (unpaired) electrons. The minimum absolute atomic E-state index is 0.231. The van der Waals surface area contributed by atoms with Gasteiger partial charge in [0.1, 0.15) is 11.6 Å². The number of halogens is 1. The lowest BCUT2D eigenvalue weighted by Gasteiger charge is -2.27. The molecule has 2 rings (SSSR count). The molecule has 0 amide bonds. The lowest BCUT2D eigenvalue weighted by molar-refractivity contribution is -0.121. The zero-order chi connectivity index (χ0) is 11.5. The van der Waals surface area contributed by atoms with E-state index in [1.54, 1.807) is 18.2 Å². The van der Waals surface area contributed by atoms with E-state index in [1.807, 2.05) is 0 Å². The first kappa shape index (κ1) is 11.3. The normalized spacial score (nSPS) is 19.8. The third-order valence-corrected chi connectivity index (χ3v) is 3.36. The second-order valence-corrected chi connectivity index (χ2v) is 4.42. The van der Waals surface area contributed by atoms with Gasteiger partial charge < -0.3 is 5.73 Å². The molecular formula is C13H16FNO. The molecule has 16 heavy (non-hydrogen) atoms. The molecule has 1 atom stereocenters. The number of ketones is 1. The second-order valence-electron chi connectivity index (χ2n) is 4.42. The number of rotatable bonds is 2. The van der Waals surface area contributed by atoms with Crippen LogP contribution < -0.4 is 5.73 Å². The van der Waals surface area contributed by atoms with Crippen LogP contribution in [0.2, 0.25) is 0 Å². The van der Waals surface area contributed by atoms with Crippen molar-refractivity contribution in [2.75, 3.05) is 0 Å². The number of Topliss-reactive ketones (excluding diaryl/α,β-unsaturated/α-hetero) is 1. The van der Waals surface area contributed by atoms with Gasteiger partial charge in [0.25, 0.3) is 0 Å². The van der Waals surface area contributed by atoms with Gasteiger partial charge in [0, 0.05) is 24.4 Å². The van der Waals surface area contributed by atoms with E-state index in [2.05, 4.69) is 0 Å². The Hall–Kier alpha value is -1.22. The predicted molar refractivity (Wildman–Crippen MR) is 60.3 cm³/mol. The molecule has 1 unspecified atom stereocenters. The maximum atomic E-state index is 13.5. The lowest BCUT2D eigenvalue weighted by Crippen LogP contribution is -2.26. The maximum absolute atomic E-state index is 13.5. The van der Waals surface area contributed by atoms with Crippen LogP contribution in [0.15, 0.2) is 24.3 Å². The Labute approximate surface area is 94.6 Å². The fourth-order valence-electron chi connectivity index (χ4n) is 2.32. The summed E-state index contributed by atoms with van der Waals surface area (Å²) in [6, 6.07) is 6.34. The average Bonchev–Trinajstić information content (AvgIpc) is 2.30. The minimum atomic E-state index is -0.283. The van der Waals surface area contributed by atoms with Gasteiger partial charge in [0.05, 0.1) is 0 Å². The summed E-state index contributed by atoms with van der Waals surface area (Å²) in [4.78, 5) is 11.1. The zero-order valence-corrected chi connectivity index (χ0v) is 9.16. The Morgan fingerprint density at radius 2 is 1.88 bits per heavy atom. The molecule has 0 aliphatic heterocycles. The maximum Gasteiger partial charge on any atom is 0.132 e. The lowest BCUT2D eigenvalue weighted by atomic mass is 9.81. The van der Waals surface area contributed by atoms with Crippen molar-refractivity contribution in [3.63, 3.8) is 0 Å². The molecule has 0 bridgehead atoms. The van der Waals surface area contributed by atoms with Crippen LogP contribution in [0.4, 0.5) is 4.39 Å². The van der Waals surface area contributed by atoms with Gasteiger partial charge in [-0.1, -0.05) is 18.2 Å². The van der Waals surface area contributed by atoms with E-state index in [0.29, 0.717) is 24.2 Å². The Morgan fingerprint density at radius 3 is 2.50 bits per heavy atom. The van der Waals surface area contributed by atoms with Gasteiger partial charge in [-0.05, 0) is 24.8 Å². The highest BCUT2D eigenvalue weighted by molar-refractivity contribution is 5.79. The number of hydrogen-bond donors (Lipinski definition) is 1. The van der Waals surface area contributed by atoms with Crippen molar-refractivity contribution in [3.05, 3.63) is 35.6 Å². The molecule has 1 aromatic carbocycles. The van der Waals surface area contributed by atoms with Gasteiger partial charge in [0.15, 0.2) is 0 Å². The molecule has 1 aromatic rings. The highest BCUT2D eigenvalue weighted by Gasteiger charge is 2.26. The molecule has 0 heterocycles. The topological polar surface area (TPSA) is 43.1 Å². The fourth-order valence-corrected chi connectivity index (χ4v) is 2.32. The van der Waals surface area contributed by atoms with E-state index in [1.165, 1.54) is 6.07 Å². The van der Waals surface area contributed by atoms with E-state index >= 15 is 0 Å². The van der Waals surface area contributed by atoms with Crippen molar-refractivity contribution < 1.29 is 9.18 Å². The van der Waals surface area contributed by atoms with Crippen LogP contribution in [0.25, 0.3) is 0 Å². The Morgan fingerprint density at radius 1 is 1.25 bits per heavy atom. The number of carbonyl (C=O) groups is 1. The average molecular weight is 221 g/mol. The quantitative estimate of drug-likeness (QED) is 0.834. The Balaban J connectivity index is 2.10. The van der Waals surface area contributed by atoms with Crippen LogP contribution in [0, 0.1) is 11.7 Å². The summed E-state index contributed by atoms with van der Waals surface area (Å²) in [6.07, 6.45) is 2.75. The summed E-state index contributed by atoms with van der Waals surface area (Å²) in [6.45, 7) is 0. The Kier molecular flexibility index (Phi) is 3.34. The molecule has 1 saturated carbocycles. The monoisotopic (exact) mass is 221 g/mol. The zero-order valence-electron chi connectivity index (χ0n) is 9.16. The van der Waals surface area contributed by atoms with Crippen molar-refractivity contribution in [3.8, 4) is 0 Å². The van der Waals surface area contributed by atoms with E-state index in [9.17, 15) is 9.18 Å². The molecule has 0 saturated heterocycles. The molecule has 2 N–H and O–H groups in total. The van der Waals surface area contributed by atoms with Gasteiger partial charge in [0.2, 0.25) is 0 Å². The van der Waals surface area contributed by atoms with E-state index in [4.69, 9.17) is 5.73 Å². The molecule has 0 spiro atoms. The number of carbonyl (C=O) groups excluding carboxylic acids is 1. The number of benzene rings is 1. The third kappa shape index (κ3) is 2.30. The molecule has 86 valence electrons. The third-order valence-electron chi connectivity index (χ3n) is 3.36. The van der Waals surface area contributed by atoms with E-state index in [0.717, 1.165) is 12.8 Å². The SMILES string of the molecule is NC(c1ccccc1F)C1CCC(=O)CC1. The predicted octanol–water partition coefficient (Wildman–Crippen LogP) is 2.58. The molecule has 1 aliphatic carbocycles. The smallest absolute Gasteiger partial charge is 0.132 e. The summed E-state index contributed by atoms with van der Waals surface area (Å²) in [7, 11) is 0. The van der Waals surface area contributed by atoms with Crippen molar-refractivity contribution in [1.82, 2.24) is 0 Å². The number of hydrogen-bond acceptors (Lipinski definition) is 2. The summed E-state index contributed by atoms with van der Waals surface area (Å²) in [5.74, 6) is 0.290. The van der Waals surface area contributed by atoms with Gasteiger partial charge >= 0.3 is 0 Å². The molecule has 0 aromatic heterocycles. The fraction of sp³-hybridized carbons (Fsp3) is 0.462. The van der Waals surface area contributed by atoms with Crippen LogP contribution >= 0.6 is 0 Å². The second kappa shape index (κ2) is 4.74. The van der Waals surface area contributed by atoms with E-state index in [-0.39, 0.29) is 17.8 Å². The largest absolute Gasteiger partial charge is 0.324 e.